The highest BCUT2D eigenvalue weighted by atomic mass is 32.2. The van der Waals surface area contributed by atoms with Gasteiger partial charge in [-0.15, -0.1) is 23.1 Å². The zero-order chi connectivity index (χ0) is 16.4. The van der Waals surface area contributed by atoms with Crippen LogP contribution in [0.3, 0.4) is 0 Å². The van der Waals surface area contributed by atoms with Crippen molar-refractivity contribution in [1.82, 2.24) is 15.3 Å². The second kappa shape index (κ2) is 7.05. The predicted octanol–water partition coefficient (Wildman–Crippen LogP) is 2.89. The zero-order valence-corrected chi connectivity index (χ0v) is 15.0. The minimum Gasteiger partial charge on any atom is -0.353 e. The summed E-state index contributed by atoms with van der Waals surface area (Å²) in [6, 6.07) is 0.356. The molecule has 1 saturated carbocycles. The molecular formula is C16H21N3O2S2. The number of fused-ring (bicyclic) bond motifs is 1. The van der Waals surface area contributed by atoms with Crippen molar-refractivity contribution in [2.24, 2.45) is 0 Å². The predicted molar refractivity (Wildman–Crippen MR) is 96.3 cm³/mol. The molecule has 0 bridgehead atoms. The van der Waals surface area contributed by atoms with E-state index in [2.05, 4.69) is 15.3 Å². The number of carbonyl (C=O) groups excluding carboxylic acids is 1. The Kier molecular flexibility index (Phi) is 5.06. The minimum absolute atomic E-state index is 0.0770. The SMILES string of the molecule is Cc1sc2nc(CSCC(=O)NC3CCCC3)[nH]c(=O)c2c1C. The van der Waals surface area contributed by atoms with Gasteiger partial charge in [-0.05, 0) is 32.3 Å². The summed E-state index contributed by atoms with van der Waals surface area (Å²) in [6.07, 6.45) is 4.61. The number of hydrogen-bond acceptors (Lipinski definition) is 5. The summed E-state index contributed by atoms with van der Waals surface area (Å²) in [4.78, 5) is 33.4. The van der Waals surface area contributed by atoms with E-state index in [9.17, 15) is 9.59 Å². The average molecular weight is 351 g/mol. The molecule has 2 aromatic heterocycles. The molecule has 2 aromatic rings. The summed E-state index contributed by atoms with van der Waals surface area (Å²) in [5.41, 5.74) is 0.928. The Bertz CT molecular complexity index is 775. The molecular weight excluding hydrogens is 330 g/mol. The molecule has 0 aromatic carbocycles. The standard InChI is InChI=1S/C16H21N3O2S2/c1-9-10(2)23-16-14(9)15(21)18-12(19-16)7-22-8-13(20)17-11-5-3-4-6-11/h11H,3-8H2,1-2H3,(H,17,20)(H,18,19,21). The highest BCUT2D eigenvalue weighted by molar-refractivity contribution is 7.99. The lowest BCUT2D eigenvalue weighted by Crippen LogP contribution is -2.33. The molecule has 1 amide bonds. The van der Waals surface area contributed by atoms with Gasteiger partial charge in [-0.25, -0.2) is 4.98 Å². The molecule has 23 heavy (non-hydrogen) atoms. The first-order valence-electron chi connectivity index (χ1n) is 7.90. The lowest BCUT2D eigenvalue weighted by Gasteiger charge is -2.11. The van der Waals surface area contributed by atoms with Gasteiger partial charge in [0, 0.05) is 10.9 Å². The maximum absolute atomic E-state index is 12.2. The van der Waals surface area contributed by atoms with Gasteiger partial charge in [-0.3, -0.25) is 9.59 Å². The van der Waals surface area contributed by atoms with Gasteiger partial charge in [0.25, 0.3) is 5.56 Å². The molecule has 0 saturated heterocycles. The number of thioether (sulfide) groups is 1. The minimum atomic E-state index is -0.0807. The lowest BCUT2D eigenvalue weighted by atomic mass is 10.2. The van der Waals surface area contributed by atoms with Crippen LogP contribution in [0.5, 0.6) is 0 Å². The second-order valence-electron chi connectivity index (χ2n) is 6.02. The first-order valence-corrected chi connectivity index (χ1v) is 9.87. The van der Waals surface area contributed by atoms with Crippen LogP contribution in [-0.4, -0.2) is 27.7 Å². The summed E-state index contributed by atoms with van der Waals surface area (Å²) in [6.45, 7) is 3.95. The Morgan fingerprint density at radius 2 is 2.13 bits per heavy atom. The highest BCUT2D eigenvalue weighted by Crippen LogP contribution is 2.26. The number of thiophene rings is 1. The maximum Gasteiger partial charge on any atom is 0.259 e. The van der Waals surface area contributed by atoms with Crippen LogP contribution in [0.2, 0.25) is 0 Å². The normalized spacial score (nSPS) is 15.4. The third kappa shape index (κ3) is 3.77. The smallest absolute Gasteiger partial charge is 0.259 e. The molecule has 2 heterocycles. The van der Waals surface area contributed by atoms with Crippen molar-refractivity contribution in [2.75, 3.05) is 5.75 Å². The molecule has 124 valence electrons. The topological polar surface area (TPSA) is 74.8 Å². The number of aromatic amines is 1. The van der Waals surface area contributed by atoms with Gasteiger partial charge < -0.3 is 10.3 Å². The van der Waals surface area contributed by atoms with E-state index in [4.69, 9.17) is 0 Å². The van der Waals surface area contributed by atoms with Crippen molar-refractivity contribution in [3.63, 3.8) is 0 Å². The number of carbonyl (C=O) groups is 1. The van der Waals surface area contributed by atoms with E-state index in [0.29, 0.717) is 28.8 Å². The number of aryl methyl sites for hydroxylation is 2. The summed E-state index contributed by atoms with van der Waals surface area (Å²) >= 11 is 3.03. The van der Waals surface area contributed by atoms with Crippen LogP contribution in [0.1, 0.15) is 41.9 Å². The molecule has 0 atom stereocenters. The summed E-state index contributed by atoms with van der Waals surface area (Å²) < 4.78 is 0. The van der Waals surface area contributed by atoms with Crippen LogP contribution in [0.4, 0.5) is 0 Å². The summed E-state index contributed by atoms with van der Waals surface area (Å²) in [5, 5.41) is 3.76. The number of rotatable bonds is 5. The van der Waals surface area contributed by atoms with Crippen molar-refractivity contribution >= 4 is 39.2 Å². The van der Waals surface area contributed by atoms with E-state index >= 15 is 0 Å². The van der Waals surface area contributed by atoms with Gasteiger partial charge in [0.2, 0.25) is 5.91 Å². The summed E-state index contributed by atoms with van der Waals surface area (Å²) in [5.74, 6) is 1.66. The molecule has 3 rings (SSSR count). The van der Waals surface area contributed by atoms with Gasteiger partial charge >= 0.3 is 0 Å². The van der Waals surface area contributed by atoms with Crippen LogP contribution in [0.15, 0.2) is 4.79 Å². The molecule has 0 spiro atoms. The van der Waals surface area contributed by atoms with Crippen LogP contribution >= 0.6 is 23.1 Å². The van der Waals surface area contributed by atoms with E-state index < -0.39 is 0 Å². The van der Waals surface area contributed by atoms with Crippen LogP contribution in [-0.2, 0) is 10.5 Å². The second-order valence-corrected chi connectivity index (χ2v) is 8.21. The lowest BCUT2D eigenvalue weighted by molar-refractivity contribution is -0.119. The number of nitrogens with one attached hydrogen (secondary N) is 2. The number of nitrogens with zero attached hydrogens (tertiary/aromatic N) is 1. The molecule has 5 nitrogen and oxygen atoms in total. The Labute approximate surface area is 143 Å². The van der Waals surface area contributed by atoms with Crippen molar-refractivity contribution in [3.8, 4) is 0 Å². The zero-order valence-electron chi connectivity index (χ0n) is 13.4. The fourth-order valence-electron chi connectivity index (χ4n) is 2.95. The monoisotopic (exact) mass is 351 g/mol. The molecule has 2 N–H and O–H groups in total. The molecule has 0 aliphatic heterocycles. The average Bonchev–Trinajstić information content (AvgIpc) is 3.08. The molecule has 1 aliphatic rings. The molecule has 1 fully saturated rings. The van der Waals surface area contributed by atoms with Gasteiger partial charge in [-0.2, -0.15) is 0 Å². The Balaban J connectivity index is 1.59. The molecule has 0 radical (unpaired) electrons. The Hall–Kier alpha value is -1.34. The van der Waals surface area contributed by atoms with Gasteiger partial charge in [0.05, 0.1) is 16.9 Å². The fraction of sp³-hybridized carbons (Fsp3) is 0.562. The van der Waals surface area contributed by atoms with Crippen molar-refractivity contribution in [2.45, 2.75) is 51.3 Å². The quantitative estimate of drug-likeness (QED) is 0.868. The van der Waals surface area contributed by atoms with Crippen LogP contribution in [0.25, 0.3) is 10.2 Å². The molecule has 0 unspecified atom stereocenters. The van der Waals surface area contributed by atoms with Crippen LogP contribution < -0.4 is 10.9 Å². The number of hydrogen-bond donors (Lipinski definition) is 2. The van der Waals surface area contributed by atoms with Gasteiger partial charge in [-0.1, -0.05) is 12.8 Å². The molecule has 7 heteroatoms. The molecule has 1 aliphatic carbocycles. The first-order chi connectivity index (χ1) is 11.0. The van der Waals surface area contributed by atoms with Crippen LogP contribution in [0, 0.1) is 13.8 Å². The van der Waals surface area contributed by atoms with E-state index in [1.807, 2.05) is 13.8 Å². The van der Waals surface area contributed by atoms with Gasteiger partial charge in [0.1, 0.15) is 10.7 Å². The largest absolute Gasteiger partial charge is 0.353 e. The van der Waals surface area contributed by atoms with Crippen molar-refractivity contribution in [3.05, 3.63) is 26.6 Å². The number of H-pyrrole nitrogens is 1. The van der Waals surface area contributed by atoms with E-state index in [-0.39, 0.29) is 11.5 Å². The van der Waals surface area contributed by atoms with Crippen molar-refractivity contribution < 1.29 is 4.79 Å². The van der Waals surface area contributed by atoms with Gasteiger partial charge in [0.15, 0.2) is 0 Å². The van der Waals surface area contributed by atoms with E-state index in [1.165, 1.54) is 24.6 Å². The fourth-order valence-corrected chi connectivity index (χ4v) is 4.70. The third-order valence-electron chi connectivity index (χ3n) is 4.28. The van der Waals surface area contributed by atoms with E-state index in [0.717, 1.165) is 28.1 Å². The van der Waals surface area contributed by atoms with Crippen molar-refractivity contribution in [1.29, 1.82) is 0 Å². The Morgan fingerprint density at radius 1 is 1.39 bits per heavy atom. The van der Waals surface area contributed by atoms with E-state index in [1.54, 1.807) is 11.3 Å². The summed E-state index contributed by atoms with van der Waals surface area (Å²) in [7, 11) is 0. The third-order valence-corrected chi connectivity index (χ3v) is 6.33. The highest BCUT2D eigenvalue weighted by Gasteiger charge is 2.17. The first kappa shape index (κ1) is 16.5. The number of amides is 1. The number of aromatic nitrogens is 2. The maximum atomic E-state index is 12.2. The Morgan fingerprint density at radius 3 is 2.87 bits per heavy atom.